The van der Waals surface area contributed by atoms with Crippen molar-refractivity contribution in [1.82, 2.24) is 0 Å². The fourth-order valence-corrected chi connectivity index (χ4v) is 6.08. The van der Waals surface area contributed by atoms with Crippen molar-refractivity contribution >= 4 is 16.6 Å². The van der Waals surface area contributed by atoms with Crippen molar-refractivity contribution in [2.75, 3.05) is 13.2 Å². The number of aliphatic hydroxyl groups is 2. The molecule has 4 nitrogen and oxygen atoms in total. The minimum Gasteiger partial charge on any atom is -0.414 e. The van der Waals surface area contributed by atoms with Crippen molar-refractivity contribution in [1.29, 1.82) is 0 Å². The lowest BCUT2D eigenvalue weighted by atomic mass is 9.92. The SMILES string of the molecule is CC(C)(C)[Si](C)(C)O[C@H]1C[C@@H](O[Si](C)(C)C(C)(C)C)[C@H](CO)[C@@H]1CCO. The molecule has 1 fully saturated rings. The van der Waals surface area contributed by atoms with Crippen LogP contribution in [0.3, 0.4) is 0 Å². The van der Waals surface area contributed by atoms with Crippen molar-refractivity contribution in [2.45, 2.75) is 103 Å². The van der Waals surface area contributed by atoms with E-state index in [1.165, 1.54) is 0 Å². The lowest BCUT2D eigenvalue weighted by molar-refractivity contribution is 0.0619. The minimum atomic E-state index is -1.92. The average Bonchev–Trinajstić information content (AvgIpc) is 2.72. The molecule has 0 unspecified atom stereocenters. The van der Waals surface area contributed by atoms with Crippen molar-refractivity contribution in [3.05, 3.63) is 0 Å². The highest BCUT2D eigenvalue weighted by molar-refractivity contribution is 6.74. The molecule has 1 aliphatic carbocycles. The van der Waals surface area contributed by atoms with Gasteiger partial charge in [-0.2, -0.15) is 0 Å². The summed E-state index contributed by atoms with van der Waals surface area (Å²) < 4.78 is 13.4. The van der Waals surface area contributed by atoms with E-state index in [4.69, 9.17) is 8.85 Å². The van der Waals surface area contributed by atoms with Crippen molar-refractivity contribution in [3.63, 3.8) is 0 Å². The molecule has 6 heteroatoms. The molecule has 156 valence electrons. The summed E-state index contributed by atoms with van der Waals surface area (Å²) in [7, 11) is -3.84. The summed E-state index contributed by atoms with van der Waals surface area (Å²) in [5.41, 5.74) is 0. The molecule has 0 aliphatic heterocycles. The summed E-state index contributed by atoms with van der Waals surface area (Å²) in [6, 6.07) is 0. The van der Waals surface area contributed by atoms with E-state index < -0.39 is 16.6 Å². The van der Waals surface area contributed by atoms with Gasteiger partial charge < -0.3 is 19.1 Å². The van der Waals surface area contributed by atoms with Crippen LogP contribution in [0.5, 0.6) is 0 Å². The second kappa shape index (κ2) is 8.33. The van der Waals surface area contributed by atoms with Crippen LogP contribution in [-0.4, -0.2) is 52.3 Å². The van der Waals surface area contributed by atoms with E-state index in [2.05, 4.69) is 67.7 Å². The van der Waals surface area contributed by atoms with E-state index in [1.807, 2.05) is 0 Å². The van der Waals surface area contributed by atoms with Gasteiger partial charge in [-0.15, -0.1) is 0 Å². The Kier molecular flexibility index (Phi) is 7.79. The first-order valence-electron chi connectivity index (χ1n) is 10.1. The van der Waals surface area contributed by atoms with Gasteiger partial charge in [0.2, 0.25) is 0 Å². The minimum absolute atomic E-state index is 0.0206. The van der Waals surface area contributed by atoms with Crippen LogP contribution in [0.25, 0.3) is 0 Å². The zero-order chi connectivity index (χ0) is 20.6. The predicted molar refractivity (Wildman–Crippen MR) is 115 cm³/mol. The second-order valence-electron chi connectivity index (χ2n) is 11.1. The topological polar surface area (TPSA) is 58.9 Å². The smallest absolute Gasteiger partial charge is 0.192 e. The third kappa shape index (κ3) is 5.42. The zero-order valence-corrected chi connectivity index (χ0v) is 20.8. The molecular formula is C20H44O4Si2. The summed E-state index contributed by atoms with van der Waals surface area (Å²) in [4.78, 5) is 0. The zero-order valence-electron chi connectivity index (χ0n) is 18.8. The quantitative estimate of drug-likeness (QED) is 0.600. The Hall–Kier alpha value is 0.274. The van der Waals surface area contributed by atoms with Crippen LogP contribution in [0.4, 0.5) is 0 Å². The summed E-state index contributed by atoms with van der Waals surface area (Å²) in [6.07, 6.45) is 1.58. The van der Waals surface area contributed by atoms with Crippen LogP contribution in [-0.2, 0) is 8.85 Å². The van der Waals surface area contributed by atoms with E-state index in [-0.39, 0.29) is 47.3 Å². The Morgan fingerprint density at radius 3 is 1.46 bits per heavy atom. The van der Waals surface area contributed by atoms with Gasteiger partial charge in [0, 0.05) is 19.1 Å². The average molecular weight is 405 g/mol. The summed E-state index contributed by atoms with van der Waals surface area (Å²) in [6.45, 7) is 22.8. The molecule has 1 saturated carbocycles. The van der Waals surface area contributed by atoms with Crippen molar-refractivity contribution in [2.24, 2.45) is 11.8 Å². The van der Waals surface area contributed by atoms with E-state index in [0.717, 1.165) is 6.42 Å². The first-order chi connectivity index (χ1) is 11.6. The largest absolute Gasteiger partial charge is 0.414 e. The fourth-order valence-electron chi connectivity index (χ4n) is 3.31. The number of aliphatic hydroxyl groups excluding tert-OH is 2. The Labute approximate surface area is 163 Å². The number of hydrogen-bond donors (Lipinski definition) is 2. The molecular weight excluding hydrogens is 360 g/mol. The van der Waals surface area contributed by atoms with Crippen LogP contribution in [0.15, 0.2) is 0 Å². The highest BCUT2D eigenvalue weighted by Crippen LogP contribution is 2.46. The molecule has 0 heterocycles. The maximum absolute atomic E-state index is 10.1. The highest BCUT2D eigenvalue weighted by Gasteiger charge is 2.50. The Morgan fingerprint density at radius 1 is 0.769 bits per heavy atom. The van der Waals surface area contributed by atoms with Gasteiger partial charge in [0.1, 0.15) is 0 Å². The summed E-state index contributed by atoms with van der Waals surface area (Å²) in [5.74, 6) is 0.208. The van der Waals surface area contributed by atoms with Gasteiger partial charge in [0.25, 0.3) is 0 Å². The van der Waals surface area contributed by atoms with Crippen molar-refractivity contribution in [3.8, 4) is 0 Å². The maximum Gasteiger partial charge on any atom is 0.192 e. The van der Waals surface area contributed by atoms with Crippen LogP contribution in [0.2, 0.25) is 36.3 Å². The van der Waals surface area contributed by atoms with Crippen LogP contribution >= 0.6 is 0 Å². The normalized spacial score (nSPS) is 28.6. The van der Waals surface area contributed by atoms with Gasteiger partial charge in [-0.05, 0) is 55.0 Å². The lowest BCUT2D eigenvalue weighted by Crippen LogP contribution is -2.45. The monoisotopic (exact) mass is 404 g/mol. The molecule has 1 aliphatic rings. The summed E-state index contributed by atoms with van der Waals surface area (Å²) >= 11 is 0. The molecule has 0 spiro atoms. The standard InChI is InChI=1S/C20H44O4Si2/c1-19(2,3)25(7,8)23-17-13-18(16(14-22)15(17)11-12-21)24-26(9,10)20(4,5)6/h15-18,21-22H,11-14H2,1-10H3/t15-,16+,17-,18+/m0/s1. The third-order valence-corrected chi connectivity index (χ3v) is 16.2. The van der Waals surface area contributed by atoms with Gasteiger partial charge in [-0.25, -0.2) is 0 Å². The molecule has 0 saturated heterocycles. The van der Waals surface area contributed by atoms with Crippen LogP contribution in [0, 0.1) is 11.8 Å². The maximum atomic E-state index is 10.1. The lowest BCUT2D eigenvalue weighted by Gasteiger charge is -2.40. The Balaban J connectivity index is 3.06. The first-order valence-corrected chi connectivity index (χ1v) is 16.0. The molecule has 0 aromatic carbocycles. The second-order valence-corrected chi connectivity index (χ2v) is 20.6. The fraction of sp³-hybridized carbons (Fsp3) is 1.00. The van der Waals surface area contributed by atoms with Crippen molar-refractivity contribution < 1.29 is 19.1 Å². The van der Waals surface area contributed by atoms with Crippen LogP contribution in [0.1, 0.15) is 54.4 Å². The van der Waals surface area contributed by atoms with Gasteiger partial charge >= 0.3 is 0 Å². The molecule has 1 rings (SSSR count). The van der Waals surface area contributed by atoms with E-state index >= 15 is 0 Å². The third-order valence-electron chi connectivity index (χ3n) is 7.15. The predicted octanol–water partition coefficient (Wildman–Crippen LogP) is 4.78. The number of rotatable bonds is 7. The first kappa shape index (κ1) is 24.3. The highest BCUT2D eigenvalue weighted by atomic mass is 28.4. The van der Waals surface area contributed by atoms with Gasteiger partial charge in [-0.1, -0.05) is 41.5 Å². The Bertz CT molecular complexity index is 452. The van der Waals surface area contributed by atoms with E-state index in [0.29, 0.717) is 6.42 Å². The molecule has 0 aromatic rings. The molecule has 0 radical (unpaired) electrons. The molecule has 0 aromatic heterocycles. The molecule has 2 N–H and O–H groups in total. The molecule has 26 heavy (non-hydrogen) atoms. The van der Waals surface area contributed by atoms with Crippen LogP contribution < -0.4 is 0 Å². The van der Waals surface area contributed by atoms with E-state index in [1.54, 1.807) is 0 Å². The molecule has 0 bridgehead atoms. The van der Waals surface area contributed by atoms with Gasteiger partial charge in [-0.3, -0.25) is 0 Å². The van der Waals surface area contributed by atoms with Gasteiger partial charge in [0.05, 0.1) is 12.2 Å². The van der Waals surface area contributed by atoms with Gasteiger partial charge in [0.15, 0.2) is 16.6 Å². The molecule has 0 amide bonds. The number of hydrogen-bond acceptors (Lipinski definition) is 4. The van der Waals surface area contributed by atoms with E-state index in [9.17, 15) is 10.2 Å². The Morgan fingerprint density at radius 2 is 1.15 bits per heavy atom. The molecule has 4 atom stereocenters. The summed E-state index contributed by atoms with van der Waals surface area (Å²) in [5, 5.41) is 20.0.